The van der Waals surface area contributed by atoms with E-state index in [4.69, 9.17) is 9.47 Å². The van der Waals surface area contributed by atoms with Crippen molar-refractivity contribution in [1.82, 2.24) is 4.90 Å². The minimum absolute atomic E-state index is 0.00907. The van der Waals surface area contributed by atoms with E-state index in [9.17, 15) is 27.7 Å². The number of methoxy groups -OCH3 is 2. The van der Waals surface area contributed by atoms with Crippen molar-refractivity contribution in [2.24, 2.45) is 0 Å². The molecule has 3 aromatic carbocycles. The summed E-state index contributed by atoms with van der Waals surface area (Å²) in [5.41, 5.74) is -0.191. The topological polar surface area (TPSA) is 123 Å². The molecule has 0 bridgehead atoms. The van der Waals surface area contributed by atoms with Crippen LogP contribution in [0.15, 0.2) is 71.6 Å². The number of halogens is 1. The average molecular weight is 559 g/mol. The molecule has 0 atom stereocenters. The Morgan fingerprint density at radius 2 is 1.67 bits per heavy atom. The highest BCUT2D eigenvalue weighted by atomic mass is 32.2. The first-order chi connectivity index (χ1) is 18.7. The number of nitro benzene ring substituents is 1. The van der Waals surface area contributed by atoms with E-state index in [1.807, 2.05) is 4.90 Å². The van der Waals surface area contributed by atoms with Crippen molar-refractivity contribution < 1.29 is 32.0 Å². The second kappa shape index (κ2) is 11.6. The summed E-state index contributed by atoms with van der Waals surface area (Å²) < 4.78 is 53.4. The van der Waals surface area contributed by atoms with Crippen molar-refractivity contribution in [2.45, 2.75) is 4.90 Å². The molecule has 1 fully saturated rings. The van der Waals surface area contributed by atoms with E-state index in [0.29, 0.717) is 24.5 Å². The Kier molecular flexibility index (Phi) is 8.19. The number of nitro groups is 1. The third kappa shape index (κ3) is 5.72. The molecule has 1 saturated heterocycles. The zero-order valence-electron chi connectivity index (χ0n) is 21.3. The molecule has 206 valence electrons. The van der Waals surface area contributed by atoms with Crippen molar-refractivity contribution in [3.63, 3.8) is 0 Å². The van der Waals surface area contributed by atoms with Crippen molar-refractivity contribution in [3.05, 3.63) is 82.7 Å². The van der Waals surface area contributed by atoms with Gasteiger partial charge in [0.1, 0.15) is 23.9 Å². The fourth-order valence-electron chi connectivity index (χ4n) is 4.36. The van der Waals surface area contributed by atoms with Gasteiger partial charge in [-0.1, -0.05) is 24.3 Å². The summed E-state index contributed by atoms with van der Waals surface area (Å²) in [7, 11) is -1.85. The van der Waals surface area contributed by atoms with Crippen LogP contribution in [0.5, 0.6) is 11.5 Å². The second-order valence-electron chi connectivity index (χ2n) is 8.59. The minimum Gasteiger partial charge on any atom is -0.497 e. The molecule has 1 heterocycles. The number of hydrogen-bond acceptors (Lipinski definition) is 8. The SMILES string of the molecule is COc1ccc(N(CC(=O)N2CCN(c3ccccc3F)CC2)S(=O)(=O)c2ccccc2[N+](=O)[O-])c(OC)c1. The molecule has 1 aliphatic rings. The monoisotopic (exact) mass is 558 g/mol. The number of para-hydroxylation sites is 2. The van der Waals surface area contributed by atoms with Crippen LogP contribution in [0.4, 0.5) is 21.5 Å². The summed E-state index contributed by atoms with van der Waals surface area (Å²) in [6, 6.07) is 15.6. The Balaban J connectivity index is 1.66. The summed E-state index contributed by atoms with van der Waals surface area (Å²) in [6.45, 7) is 0.500. The van der Waals surface area contributed by atoms with Crippen molar-refractivity contribution >= 4 is 33.0 Å². The van der Waals surface area contributed by atoms with Crippen LogP contribution in [0.3, 0.4) is 0 Å². The van der Waals surface area contributed by atoms with E-state index >= 15 is 0 Å². The Bertz CT molecular complexity index is 1480. The van der Waals surface area contributed by atoms with Crippen LogP contribution in [0, 0.1) is 15.9 Å². The third-order valence-corrected chi connectivity index (χ3v) is 8.20. The number of hydrogen-bond donors (Lipinski definition) is 0. The Labute approximate surface area is 225 Å². The van der Waals surface area contributed by atoms with Crippen LogP contribution in [-0.4, -0.2) is 71.1 Å². The van der Waals surface area contributed by atoms with Crippen molar-refractivity contribution in [2.75, 3.05) is 56.1 Å². The number of carbonyl (C=O) groups excluding carboxylic acids is 1. The number of anilines is 2. The smallest absolute Gasteiger partial charge is 0.289 e. The van der Waals surface area contributed by atoms with Gasteiger partial charge in [-0.05, 0) is 30.3 Å². The summed E-state index contributed by atoms with van der Waals surface area (Å²) in [6.07, 6.45) is 0. The lowest BCUT2D eigenvalue weighted by molar-refractivity contribution is -0.387. The maximum Gasteiger partial charge on any atom is 0.289 e. The van der Waals surface area contributed by atoms with Crippen LogP contribution in [0.25, 0.3) is 0 Å². The summed E-state index contributed by atoms with van der Waals surface area (Å²) in [4.78, 5) is 27.0. The second-order valence-corrected chi connectivity index (χ2v) is 10.4. The number of carbonyl (C=O) groups is 1. The Morgan fingerprint density at radius 3 is 2.31 bits per heavy atom. The summed E-state index contributed by atoms with van der Waals surface area (Å²) in [5, 5.41) is 11.7. The number of nitrogens with zero attached hydrogens (tertiary/aromatic N) is 4. The number of amides is 1. The number of sulfonamides is 1. The Hall–Kier alpha value is -4.39. The van der Waals surface area contributed by atoms with Gasteiger partial charge < -0.3 is 19.3 Å². The van der Waals surface area contributed by atoms with E-state index in [0.717, 1.165) is 16.4 Å². The molecule has 11 nitrogen and oxygen atoms in total. The van der Waals surface area contributed by atoms with E-state index < -0.39 is 38.0 Å². The lowest BCUT2D eigenvalue weighted by Crippen LogP contribution is -2.52. The van der Waals surface area contributed by atoms with Gasteiger partial charge in [-0.15, -0.1) is 0 Å². The first-order valence-electron chi connectivity index (χ1n) is 11.9. The highest BCUT2D eigenvalue weighted by Crippen LogP contribution is 2.37. The lowest BCUT2D eigenvalue weighted by Gasteiger charge is -2.37. The van der Waals surface area contributed by atoms with Gasteiger partial charge in [-0.25, -0.2) is 12.8 Å². The van der Waals surface area contributed by atoms with Gasteiger partial charge in [-0.2, -0.15) is 0 Å². The van der Waals surface area contributed by atoms with E-state index in [-0.39, 0.29) is 30.3 Å². The van der Waals surface area contributed by atoms with Crippen LogP contribution >= 0.6 is 0 Å². The molecule has 0 radical (unpaired) electrons. The zero-order chi connectivity index (χ0) is 28.2. The van der Waals surface area contributed by atoms with Gasteiger partial charge in [0.05, 0.1) is 30.5 Å². The third-order valence-electron chi connectivity index (χ3n) is 6.39. The highest BCUT2D eigenvalue weighted by Gasteiger charge is 2.36. The van der Waals surface area contributed by atoms with Crippen molar-refractivity contribution in [3.8, 4) is 11.5 Å². The number of piperazine rings is 1. The normalized spacial score (nSPS) is 13.6. The first-order valence-corrected chi connectivity index (χ1v) is 13.4. The van der Waals surface area contributed by atoms with Gasteiger partial charge in [-0.3, -0.25) is 19.2 Å². The molecular weight excluding hydrogens is 531 g/mol. The Morgan fingerprint density at radius 1 is 1.00 bits per heavy atom. The predicted molar refractivity (Wildman–Crippen MR) is 142 cm³/mol. The van der Waals surface area contributed by atoms with Gasteiger partial charge in [0, 0.05) is 38.3 Å². The largest absolute Gasteiger partial charge is 0.497 e. The molecule has 1 aliphatic heterocycles. The van der Waals surface area contributed by atoms with Crippen LogP contribution < -0.4 is 18.7 Å². The number of ether oxygens (including phenoxy) is 2. The van der Waals surface area contributed by atoms with Crippen LogP contribution in [0.2, 0.25) is 0 Å². The highest BCUT2D eigenvalue weighted by molar-refractivity contribution is 7.93. The molecule has 0 unspecified atom stereocenters. The van der Waals surface area contributed by atoms with E-state index in [1.165, 1.54) is 55.5 Å². The van der Waals surface area contributed by atoms with Gasteiger partial charge >= 0.3 is 0 Å². The maximum absolute atomic E-state index is 14.2. The zero-order valence-corrected chi connectivity index (χ0v) is 22.1. The van der Waals surface area contributed by atoms with Crippen LogP contribution in [0.1, 0.15) is 0 Å². The first kappa shape index (κ1) is 27.6. The van der Waals surface area contributed by atoms with E-state index in [1.54, 1.807) is 18.2 Å². The molecule has 0 saturated carbocycles. The molecule has 3 aromatic rings. The molecule has 0 N–H and O–H groups in total. The predicted octanol–water partition coefficient (Wildman–Crippen LogP) is 3.30. The number of rotatable bonds is 9. The van der Waals surface area contributed by atoms with E-state index in [2.05, 4.69) is 0 Å². The summed E-state index contributed by atoms with van der Waals surface area (Å²) in [5.74, 6) is -0.420. The summed E-state index contributed by atoms with van der Waals surface area (Å²) >= 11 is 0. The standard InChI is InChI=1S/C26H27FN4O7S/c1-37-19-11-12-22(24(17-19)38-2)30(39(35,36)25-10-6-5-9-23(25)31(33)34)18-26(32)29-15-13-28(14-16-29)21-8-4-3-7-20(21)27/h3-12,17H,13-16,18H2,1-2H3. The average Bonchev–Trinajstić information content (AvgIpc) is 2.95. The van der Waals surface area contributed by atoms with Gasteiger partial charge in [0.2, 0.25) is 5.91 Å². The fraction of sp³-hybridized carbons (Fsp3) is 0.269. The lowest BCUT2D eigenvalue weighted by atomic mass is 10.2. The van der Waals surface area contributed by atoms with Crippen LogP contribution in [-0.2, 0) is 14.8 Å². The molecular formula is C26H27FN4O7S. The fourth-order valence-corrected chi connectivity index (χ4v) is 5.95. The van der Waals surface area contributed by atoms with Gasteiger partial charge in [0.25, 0.3) is 15.7 Å². The molecule has 0 aromatic heterocycles. The molecule has 0 aliphatic carbocycles. The molecule has 0 spiro atoms. The quantitative estimate of drug-likeness (QED) is 0.290. The molecule has 4 rings (SSSR count). The molecule has 39 heavy (non-hydrogen) atoms. The molecule has 13 heteroatoms. The maximum atomic E-state index is 14.2. The molecule has 1 amide bonds. The van der Waals surface area contributed by atoms with Crippen molar-refractivity contribution in [1.29, 1.82) is 0 Å². The number of benzene rings is 3. The van der Waals surface area contributed by atoms with Gasteiger partial charge in [0.15, 0.2) is 4.90 Å². The minimum atomic E-state index is -4.61.